The van der Waals surface area contributed by atoms with E-state index in [1.165, 1.54) is 52.3 Å². The normalized spacial score (nSPS) is 13.1. The molecule has 0 fully saturated rings. The topological polar surface area (TPSA) is 157 Å². The molecule has 0 spiro atoms. The number of methoxy groups -OCH3 is 4. The van der Waals surface area contributed by atoms with E-state index in [0.29, 0.717) is 28.6 Å². The second kappa shape index (κ2) is 11.0. The first-order valence-electron chi connectivity index (χ1n) is 11.3. The quantitative estimate of drug-likeness (QED) is 0.294. The standard InChI is InChI=1S/C23H28N8O6S/c1-14(21(37-6)16-12-25-19(36-5)13-24-16)38(32,33)29-23-27-26-22(15-10-11-30(2)28-15)31(23)20-17(34-3)8-7-9-18(20)35-4/h7-14,21H,1-6H3,(H,27,29)/t14-,21-/m0/s1. The van der Waals surface area contributed by atoms with Crippen molar-refractivity contribution in [2.75, 3.05) is 33.2 Å². The van der Waals surface area contributed by atoms with E-state index in [2.05, 4.69) is 30.0 Å². The Labute approximate surface area is 219 Å². The molecule has 202 valence electrons. The molecule has 2 atom stereocenters. The molecule has 0 saturated heterocycles. The Morgan fingerprint density at radius 2 is 1.66 bits per heavy atom. The Hall–Kier alpha value is -4.24. The fourth-order valence-electron chi connectivity index (χ4n) is 3.83. The summed E-state index contributed by atoms with van der Waals surface area (Å²) in [5, 5.41) is 11.7. The minimum Gasteiger partial charge on any atom is -0.494 e. The average molecular weight is 545 g/mol. The highest BCUT2D eigenvalue weighted by molar-refractivity contribution is 7.93. The Morgan fingerprint density at radius 1 is 0.947 bits per heavy atom. The van der Waals surface area contributed by atoms with Crippen LogP contribution >= 0.6 is 0 Å². The van der Waals surface area contributed by atoms with Crippen molar-refractivity contribution >= 4 is 16.0 Å². The molecule has 0 aliphatic heterocycles. The summed E-state index contributed by atoms with van der Waals surface area (Å²) in [4.78, 5) is 8.34. The molecule has 0 aliphatic rings. The molecule has 4 rings (SSSR count). The first-order valence-corrected chi connectivity index (χ1v) is 12.9. The fraction of sp³-hybridized carbons (Fsp3) is 0.348. The number of anilines is 1. The van der Waals surface area contributed by atoms with Gasteiger partial charge in [-0.25, -0.2) is 13.4 Å². The number of aryl methyl sites for hydroxylation is 1. The summed E-state index contributed by atoms with van der Waals surface area (Å²) in [5.74, 6) is 1.26. The van der Waals surface area contributed by atoms with E-state index in [4.69, 9.17) is 18.9 Å². The van der Waals surface area contributed by atoms with Gasteiger partial charge in [-0.2, -0.15) is 5.10 Å². The smallest absolute Gasteiger partial charge is 0.243 e. The van der Waals surface area contributed by atoms with Gasteiger partial charge < -0.3 is 18.9 Å². The van der Waals surface area contributed by atoms with Crippen LogP contribution < -0.4 is 18.9 Å². The van der Waals surface area contributed by atoms with Crippen molar-refractivity contribution in [3.05, 3.63) is 48.5 Å². The molecule has 0 bridgehead atoms. The van der Waals surface area contributed by atoms with Crippen molar-refractivity contribution in [3.63, 3.8) is 0 Å². The zero-order valence-electron chi connectivity index (χ0n) is 21.7. The van der Waals surface area contributed by atoms with Gasteiger partial charge in [0.2, 0.25) is 21.9 Å². The zero-order chi connectivity index (χ0) is 27.4. The molecule has 0 saturated carbocycles. The van der Waals surface area contributed by atoms with Crippen LogP contribution in [0, 0.1) is 0 Å². The van der Waals surface area contributed by atoms with Crippen LogP contribution in [0.2, 0.25) is 0 Å². The number of aromatic nitrogens is 7. The van der Waals surface area contributed by atoms with Crippen molar-refractivity contribution in [2.45, 2.75) is 18.3 Å². The molecule has 38 heavy (non-hydrogen) atoms. The molecule has 0 radical (unpaired) electrons. The molecular weight excluding hydrogens is 516 g/mol. The van der Waals surface area contributed by atoms with E-state index < -0.39 is 21.4 Å². The molecule has 0 aliphatic carbocycles. The van der Waals surface area contributed by atoms with E-state index in [0.717, 1.165) is 0 Å². The van der Waals surface area contributed by atoms with Gasteiger partial charge in [-0.3, -0.25) is 19.0 Å². The van der Waals surface area contributed by atoms with Crippen LogP contribution in [0.25, 0.3) is 17.2 Å². The molecule has 14 nitrogen and oxygen atoms in total. The number of ether oxygens (including phenoxy) is 4. The third-order valence-corrected chi connectivity index (χ3v) is 7.48. The van der Waals surface area contributed by atoms with Crippen LogP contribution in [-0.2, 0) is 21.8 Å². The fourth-order valence-corrected chi connectivity index (χ4v) is 4.98. The highest BCUT2D eigenvalue weighted by atomic mass is 32.2. The number of nitrogens with one attached hydrogen (secondary N) is 1. The van der Waals surface area contributed by atoms with Crippen LogP contribution in [0.15, 0.2) is 42.9 Å². The second-order valence-electron chi connectivity index (χ2n) is 8.06. The average Bonchev–Trinajstić information content (AvgIpc) is 3.54. The van der Waals surface area contributed by atoms with E-state index >= 15 is 0 Å². The number of rotatable bonds is 11. The number of sulfonamides is 1. The lowest BCUT2D eigenvalue weighted by Gasteiger charge is -2.23. The van der Waals surface area contributed by atoms with Crippen LogP contribution in [0.4, 0.5) is 5.95 Å². The minimum absolute atomic E-state index is 0.101. The second-order valence-corrected chi connectivity index (χ2v) is 10.1. The molecule has 15 heteroatoms. The first-order chi connectivity index (χ1) is 18.2. The van der Waals surface area contributed by atoms with E-state index in [1.807, 2.05) is 0 Å². The summed E-state index contributed by atoms with van der Waals surface area (Å²) in [6.07, 6.45) is 3.58. The number of hydrogen-bond acceptors (Lipinski definition) is 11. The summed E-state index contributed by atoms with van der Waals surface area (Å²) < 4.78 is 54.5. The summed E-state index contributed by atoms with van der Waals surface area (Å²) >= 11 is 0. The van der Waals surface area contributed by atoms with Gasteiger partial charge in [-0.15, -0.1) is 10.2 Å². The summed E-state index contributed by atoms with van der Waals surface area (Å²) in [6.45, 7) is 1.49. The van der Waals surface area contributed by atoms with Gasteiger partial charge in [0.05, 0.1) is 39.4 Å². The van der Waals surface area contributed by atoms with Crippen molar-refractivity contribution in [1.82, 2.24) is 34.5 Å². The van der Waals surface area contributed by atoms with Crippen molar-refractivity contribution < 1.29 is 27.4 Å². The SMILES string of the molecule is COc1cnc([C@@H](OC)[C@H](C)S(=O)(=O)Nc2nnc(-c3ccn(C)n3)n2-c2c(OC)cccc2OC)cn1. The van der Waals surface area contributed by atoms with Crippen LogP contribution in [-0.4, -0.2) is 76.6 Å². The van der Waals surface area contributed by atoms with E-state index in [-0.39, 0.29) is 17.7 Å². The number of para-hydroxylation sites is 1. The molecule has 1 N–H and O–H groups in total. The lowest BCUT2D eigenvalue weighted by Crippen LogP contribution is -2.33. The van der Waals surface area contributed by atoms with E-state index in [9.17, 15) is 8.42 Å². The van der Waals surface area contributed by atoms with Gasteiger partial charge in [0.15, 0.2) is 5.82 Å². The highest BCUT2D eigenvalue weighted by Crippen LogP contribution is 2.37. The predicted octanol–water partition coefficient (Wildman–Crippen LogP) is 2.00. The minimum atomic E-state index is -4.13. The zero-order valence-corrected chi connectivity index (χ0v) is 22.5. The lowest BCUT2D eigenvalue weighted by molar-refractivity contribution is 0.0984. The van der Waals surface area contributed by atoms with Crippen molar-refractivity contribution in [1.29, 1.82) is 0 Å². The summed E-state index contributed by atoms with van der Waals surface area (Å²) in [7, 11) is 3.47. The maximum atomic E-state index is 13.6. The Kier molecular flexibility index (Phi) is 7.78. The molecule has 3 aromatic heterocycles. The van der Waals surface area contributed by atoms with Gasteiger partial charge in [0.1, 0.15) is 34.2 Å². The van der Waals surface area contributed by atoms with Crippen molar-refractivity contribution in [2.24, 2.45) is 7.05 Å². The summed E-state index contributed by atoms with van der Waals surface area (Å²) in [5.41, 5.74) is 1.15. The predicted molar refractivity (Wildman–Crippen MR) is 137 cm³/mol. The molecular formula is C23H28N8O6S. The third kappa shape index (κ3) is 5.10. The van der Waals surface area contributed by atoms with Gasteiger partial charge >= 0.3 is 0 Å². The number of hydrogen-bond donors (Lipinski definition) is 1. The highest BCUT2D eigenvalue weighted by Gasteiger charge is 2.34. The molecule has 3 heterocycles. The molecule has 1 aromatic carbocycles. The first kappa shape index (κ1) is 26.8. The van der Waals surface area contributed by atoms with Crippen LogP contribution in [0.5, 0.6) is 17.4 Å². The Balaban J connectivity index is 1.80. The maximum absolute atomic E-state index is 13.6. The number of benzene rings is 1. The van der Waals surface area contributed by atoms with Gasteiger partial charge in [-0.1, -0.05) is 6.07 Å². The van der Waals surface area contributed by atoms with Gasteiger partial charge in [0, 0.05) is 20.4 Å². The molecule has 4 aromatic rings. The van der Waals surface area contributed by atoms with Crippen molar-refractivity contribution in [3.8, 4) is 34.6 Å². The lowest BCUT2D eigenvalue weighted by atomic mass is 10.2. The van der Waals surface area contributed by atoms with Gasteiger partial charge in [-0.05, 0) is 25.1 Å². The van der Waals surface area contributed by atoms with Crippen LogP contribution in [0.1, 0.15) is 18.7 Å². The Morgan fingerprint density at radius 3 is 2.18 bits per heavy atom. The van der Waals surface area contributed by atoms with Gasteiger partial charge in [0.25, 0.3) is 0 Å². The molecule has 0 unspecified atom stereocenters. The Bertz CT molecular complexity index is 1480. The maximum Gasteiger partial charge on any atom is 0.243 e. The molecule has 0 amide bonds. The van der Waals surface area contributed by atoms with Crippen LogP contribution in [0.3, 0.4) is 0 Å². The number of nitrogens with zero attached hydrogens (tertiary/aromatic N) is 7. The van der Waals surface area contributed by atoms with E-state index in [1.54, 1.807) is 42.2 Å². The third-order valence-electron chi connectivity index (χ3n) is 5.78. The summed E-state index contributed by atoms with van der Waals surface area (Å²) in [6, 6.07) is 6.90. The monoisotopic (exact) mass is 544 g/mol. The largest absolute Gasteiger partial charge is 0.494 e.